The quantitative estimate of drug-likeness (QED) is 0.668. The van der Waals surface area contributed by atoms with E-state index in [0.717, 1.165) is 12.1 Å². The summed E-state index contributed by atoms with van der Waals surface area (Å²) in [5.74, 6) is 0. The van der Waals surface area contributed by atoms with Crippen molar-refractivity contribution < 1.29 is 0 Å². The van der Waals surface area contributed by atoms with Crippen LogP contribution in [0, 0.1) is 0 Å². The van der Waals surface area contributed by atoms with Crippen LogP contribution >= 0.6 is 0 Å². The summed E-state index contributed by atoms with van der Waals surface area (Å²) in [6.45, 7) is 7.19. The summed E-state index contributed by atoms with van der Waals surface area (Å²) < 4.78 is 0. The fourth-order valence-electron chi connectivity index (χ4n) is 2.71. The highest BCUT2D eigenvalue weighted by molar-refractivity contribution is 4.85. The molecule has 1 heterocycles. The first-order valence-corrected chi connectivity index (χ1v) is 6.09. The molecule has 0 radical (unpaired) electrons. The van der Waals surface area contributed by atoms with Crippen LogP contribution in [0.25, 0.3) is 0 Å². The highest BCUT2D eigenvalue weighted by Crippen LogP contribution is 2.23. The molecule has 2 nitrogen and oxygen atoms in total. The van der Waals surface area contributed by atoms with Crippen LogP contribution in [0.1, 0.15) is 39.5 Å². The van der Waals surface area contributed by atoms with E-state index in [-0.39, 0.29) is 0 Å². The highest BCUT2D eigenvalue weighted by Gasteiger charge is 2.28. The van der Waals surface area contributed by atoms with Crippen molar-refractivity contribution in [3.8, 4) is 0 Å². The lowest BCUT2D eigenvalue weighted by Gasteiger charge is -2.33. The lowest BCUT2D eigenvalue weighted by Crippen LogP contribution is -2.43. The molecular weight excluding hydrogens is 172 g/mol. The van der Waals surface area contributed by atoms with Crippen molar-refractivity contribution in [3.63, 3.8) is 0 Å². The summed E-state index contributed by atoms with van der Waals surface area (Å²) in [6, 6.07) is 1.64. The average molecular weight is 198 g/mol. The van der Waals surface area contributed by atoms with Crippen LogP contribution in [0.15, 0.2) is 0 Å². The molecule has 84 valence electrons. The minimum absolute atomic E-state index is 0.815. The molecule has 0 spiro atoms. The molecule has 1 rings (SSSR count). The first-order valence-electron chi connectivity index (χ1n) is 6.09. The van der Waals surface area contributed by atoms with Gasteiger partial charge in [0.15, 0.2) is 0 Å². The van der Waals surface area contributed by atoms with Crippen molar-refractivity contribution in [2.24, 2.45) is 0 Å². The molecule has 1 atom stereocenters. The predicted octanol–water partition coefficient (Wildman–Crippen LogP) is 2.20. The van der Waals surface area contributed by atoms with Crippen LogP contribution in [-0.2, 0) is 0 Å². The van der Waals surface area contributed by atoms with E-state index in [1.165, 1.54) is 38.8 Å². The van der Waals surface area contributed by atoms with Crippen LogP contribution in [0.5, 0.6) is 0 Å². The van der Waals surface area contributed by atoms with E-state index < -0.39 is 0 Å². The molecule has 0 aliphatic carbocycles. The van der Waals surface area contributed by atoms with Gasteiger partial charge in [-0.15, -0.1) is 0 Å². The zero-order valence-corrected chi connectivity index (χ0v) is 10.3. The molecule has 1 unspecified atom stereocenters. The Balaban J connectivity index is 2.49. The van der Waals surface area contributed by atoms with Gasteiger partial charge in [-0.05, 0) is 46.3 Å². The number of nitrogens with zero attached hydrogens (tertiary/aromatic N) is 2. The van der Waals surface area contributed by atoms with Gasteiger partial charge in [-0.25, -0.2) is 0 Å². The van der Waals surface area contributed by atoms with Gasteiger partial charge in [-0.2, -0.15) is 0 Å². The van der Waals surface area contributed by atoms with Crippen molar-refractivity contribution in [2.75, 3.05) is 27.2 Å². The van der Waals surface area contributed by atoms with Crippen molar-refractivity contribution in [1.82, 2.24) is 9.80 Å². The third-order valence-corrected chi connectivity index (χ3v) is 3.41. The summed E-state index contributed by atoms with van der Waals surface area (Å²) in [4.78, 5) is 5.06. The molecule has 0 N–H and O–H groups in total. The van der Waals surface area contributed by atoms with Gasteiger partial charge in [0.25, 0.3) is 0 Å². The third kappa shape index (κ3) is 2.96. The number of hydrogen-bond acceptors (Lipinski definition) is 2. The van der Waals surface area contributed by atoms with Crippen molar-refractivity contribution >= 4 is 0 Å². The minimum Gasteiger partial charge on any atom is -0.308 e. The summed E-state index contributed by atoms with van der Waals surface area (Å²) in [7, 11) is 4.37. The Morgan fingerprint density at radius 3 is 2.43 bits per heavy atom. The largest absolute Gasteiger partial charge is 0.308 e. The Morgan fingerprint density at radius 1 is 1.29 bits per heavy atom. The Morgan fingerprint density at radius 2 is 1.93 bits per heavy atom. The van der Waals surface area contributed by atoms with Crippen LogP contribution in [0.4, 0.5) is 0 Å². The SMILES string of the molecule is CCC(CC)N1CCCC1CN(C)C. The van der Waals surface area contributed by atoms with E-state index in [2.05, 4.69) is 37.7 Å². The van der Waals surface area contributed by atoms with Crippen molar-refractivity contribution in [3.05, 3.63) is 0 Å². The fraction of sp³-hybridized carbons (Fsp3) is 1.00. The maximum Gasteiger partial charge on any atom is 0.0226 e. The van der Waals surface area contributed by atoms with Crippen molar-refractivity contribution in [2.45, 2.75) is 51.6 Å². The molecule has 0 aromatic carbocycles. The van der Waals surface area contributed by atoms with Crippen LogP contribution in [-0.4, -0.2) is 49.1 Å². The molecule has 0 bridgehead atoms. The molecule has 0 amide bonds. The summed E-state index contributed by atoms with van der Waals surface area (Å²) in [5.41, 5.74) is 0. The molecule has 1 aliphatic rings. The lowest BCUT2D eigenvalue weighted by molar-refractivity contribution is 0.145. The third-order valence-electron chi connectivity index (χ3n) is 3.41. The second kappa shape index (κ2) is 5.72. The van der Waals surface area contributed by atoms with E-state index in [1.54, 1.807) is 0 Å². The van der Waals surface area contributed by atoms with Gasteiger partial charge >= 0.3 is 0 Å². The van der Waals surface area contributed by atoms with E-state index in [1.807, 2.05) is 0 Å². The first-order chi connectivity index (χ1) is 6.69. The smallest absolute Gasteiger partial charge is 0.0226 e. The number of likely N-dealkylation sites (N-methyl/N-ethyl adjacent to an activating group) is 1. The highest BCUT2D eigenvalue weighted by atomic mass is 15.2. The number of likely N-dealkylation sites (tertiary alicyclic amines) is 1. The molecule has 1 fully saturated rings. The number of hydrogen-bond donors (Lipinski definition) is 0. The van der Waals surface area contributed by atoms with Gasteiger partial charge in [-0.1, -0.05) is 13.8 Å². The van der Waals surface area contributed by atoms with Gasteiger partial charge in [0.1, 0.15) is 0 Å². The second-order valence-electron chi connectivity index (χ2n) is 4.77. The number of rotatable bonds is 5. The predicted molar refractivity (Wildman–Crippen MR) is 62.7 cm³/mol. The van der Waals surface area contributed by atoms with Gasteiger partial charge in [-0.3, -0.25) is 4.90 Å². The maximum atomic E-state index is 2.74. The summed E-state index contributed by atoms with van der Waals surface area (Å²) >= 11 is 0. The molecule has 14 heavy (non-hydrogen) atoms. The molecule has 0 aromatic heterocycles. The fourth-order valence-corrected chi connectivity index (χ4v) is 2.71. The topological polar surface area (TPSA) is 6.48 Å². The van der Waals surface area contributed by atoms with E-state index in [0.29, 0.717) is 0 Å². The van der Waals surface area contributed by atoms with Crippen LogP contribution < -0.4 is 0 Å². The molecule has 0 saturated carbocycles. The van der Waals surface area contributed by atoms with Crippen LogP contribution in [0.3, 0.4) is 0 Å². The molecule has 0 aromatic rings. The Labute approximate surface area is 89.3 Å². The van der Waals surface area contributed by atoms with Crippen LogP contribution in [0.2, 0.25) is 0 Å². The van der Waals surface area contributed by atoms with Gasteiger partial charge in [0.05, 0.1) is 0 Å². The Bertz CT molecular complexity index is 152. The Hall–Kier alpha value is -0.0800. The monoisotopic (exact) mass is 198 g/mol. The molecule has 2 heteroatoms. The maximum absolute atomic E-state index is 2.74. The van der Waals surface area contributed by atoms with E-state index in [9.17, 15) is 0 Å². The standard InChI is InChI=1S/C12H26N2/c1-5-11(6-2)14-9-7-8-12(14)10-13(3)4/h11-12H,5-10H2,1-4H3. The normalized spacial score (nSPS) is 24.0. The molecular formula is C12H26N2. The summed E-state index contributed by atoms with van der Waals surface area (Å²) in [5, 5.41) is 0. The first kappa shape index (κ1) is 12.0. The average Bonchev–Trinajstić information content (AvgIpc) is 2.55. The summed E-state index contributed by atoms with van der Waals surface area (Å²) in [6.07, 6.45) is 5.41. The molecule has 1 saturated heterocycles. The second-order valence-corrected chi connectivity index (χ2v) is 4.77. The van der Waals surface area contributed by atoms with Gasteiger partial charge in [0.2, 0.25) is 0 Å². The van der Waals surface area contributed by atoms with E-state index in [4.69, 9.17) is 0 Å². The molecule has 1 aliphatic heterocycles. The zero-order chi connectivity index (χ0) is 10.6. The minimum atomic E-state index is 0.815. The van der Waals surface area contributed by atoms with Gasteiger partial charge < -0.3 is 4.90 Å². The van der Waals surface area contributed by atoms with E-state index >= 15 is 0 Å². The van der Waals surface area contributed by atoms with Crippen molar-refractivity contribution in [1.29, 1.82) is 0 Å². The lowest BCUT2D eigenvalue weighted by atomic mass is 10.1. The Kier molecular flexibility index (Phi) is 4.90. The van der Waals surface area contributed by atoms with Gasteiger partial charge in [0, 0.05) is 18.6 Å². The zero-order valence-electron chi connectivity index (χ0n) is 10.3.